The van der Waals surface area contributed by atoms with Crippen LogP contribution in [0, 0.1) is 11.7 Å². The first-order chi connectivity index (χ1) is 10.1. The van der Waals surface area contributed by atoms with Crippen molar-refractivity contribution >= 4 is 11.0 Å². The Morgan fingerprint density at radius 3 is 2.95 bits per heavy atom. The number of para-hydroxylation sites is 1. The average Bonchev–Trinajstić information content (AvgIpc) is 2.88. The quantitative estimate of drug-likeness (QED) is 0.917. The molecule has 2 aromatic rings. The molecule has 3 rings (SSSR count). The van der Waals surface area contributed by atoms with Gasteiger partial charge in [0.25, 0.3) is 0 Å². The third kappa shape index (κ3) is 2.57. The predicted octanol–water partition coefficient (Wildman–Crippen LogP) is 4.21. The highest BCUT2D eigenvalue weighted by atomic mass is 19.1. The maximum Gasteiger partial charge on any atom is 0.151 e. The molecule has 1 aromatic heterocycles. The lowest BCUT2D eigenvalue weighted by Gasteiger charge is -2.30. The van der Waals surface area contributed by atoms with Crippen LogP contribution in [0.1, 0.15) is 57.9 Å². The third-order valence-corrected chi connectivity index (χ3v) is 4.62. The number of nitrogens with zero attached hydrogens (tertiary/aromatic N) is 2. The maximum atomic E-state index is 14.1. The Hall–Kier alpha value is -1.42. The van der Waals surface area contributed by atoms with E-state index in [-0.39, 0.29) is 17.9 Å². The predicted molar refractivity (Wildman–Crippen MR) is 83.8 cm³/mol. The van der Waals surface area contributed by atoms with E-state index in [2.05, 4.69) is 35.6 Å². The number of nitrogens with one attached hydrogen (secondary N) is 1. The summed E-state index contributed by atoms with van der Waals surface area (Å²) in [6, 6.07) is 5.74. The molecule has 0 bridgehead atoms. The van der Waals surface area contributed by atoms with Crippen molar-refractivity contribution in [3.63, 3.8) is 0 Å². The molecule has 2 atom stereocenters. The summed E-state index contributed by atoms with van der Waals surface area (Å²) in [5.74, 6) is 1.50. The first-order valence-corrected chi connectivity index (χ1v) is 8.01. The first-order valence-electron chi connectivity index (χ1n) is 8.01. The average molecular weight is 289 g/mol. The molecule has 0 spiro atoms. The Balaban J connectivity index is 2.09. The Morgan fingerprint density at radius 1 is 1.43 bits per heavy atom. The molecule has 1 aromatic carbocycles. The van der Waals surface area contributed by atoms with Crippen LogP contribution in [0.25, 0.3) is 11.0 Å². The second-order valence-electron chi connectivity index (χ2n) is 6.35. The van der Waals surface area contributed by atoms with E-state index < -0.39 is 0 Å². The zero-order chi connectivity index (χ0) is 15.0. The monoisotopic (exact) mass is 289 g/mol. The molecule has 0 amide bonds. The smallest absolute Gasteiger partial charge is 0.151 e. The largest absolute Gasteiger partial charge is 0.324 e. The van der Waals surface area contributed by atoms with Crippen LogP contribution in [-0.2, 0) is 0 Å². The van der Waals surface area contributed by atoms with Gasteiger partial charge in [0.1, 0.15) is 11.3 Å². The molecule has 4 heteroatoms. The first kappa shape index (κ1) is 14.5. The van der Waals surface area contributed by atoms with Crippen molar-refractivity contribution in [1.29, 1.82) is 0 Å². The molecule has 0 aliphatic carbocycles. The SMILES string of the molecule is CCC1CCNC(c2nc3c(F)cccc3n2C(C)C)C1. The van der Waals surface area contributed by atoms with Gasteiger partial charge in [-0.25, -0.2) is 9.37 Å². The highest BCUT2D eigenvalue weighted by molar-refractivity contribution is 5.77. The highest BCUT2D eigenvalue weighted by Crippen LogP contribution is 2.33. The second kappa shape index (κ2) is 5.76. The number of aromatic nitrogens is 2. The van der Waals surface area contributed by atoms with Crippen LogP contribution in [0.15, 0.2) is 18.2 Å². The Bertz CT molecular complexity index is 632. The molecule has 0 saturated carbocycles. The molecular formula is C17H24FN3. The molecule has 1 aliphatic heterocycles. The lowest BCUT2D eigenvalue weighted by Crippen LogP contribution is -2.33. The van der Waals surface area contributed by atoms with Gasteiger partial charge < -0.3 is 9.88 Å². The number of halogens is 1. The number of fused-ring (bicyclic) bond motifs is 1. The number of hydrogen-bond acceptors (Lipinski definition) is 2. The summed E-state index contributed by atoms with van der Waals surface area (Å²) in [5, 5.41) is 3.57. The van der Waals surface area contributed by atoms with Crippen LogP contribution in [0.2, 0.25) is 0 Å². The number of benzene rings is 1. The van der Waals surface area contributed by atoms with Gasteiger partial charge in [-0.05, 0) is 51.3 Å². The van der Waals surface area contributed by atoms with Gasteiger partial charge in [-0.15, -0.1) is 0 Å². The van der Waals surface area contributed by atoms with Crippen molar-refractivity contribution in [3.8, 4) is 0 Å². The summed E-state index contributed by atoms with van der Waals surface area (Å²) in [6.45, 7) is 7.54. The zero-order valence-corrected chi connectivity index (χ0v) is 13.1. The van der Waals surface area contributed by atoms with Crippen LogP contribution in [0.5, 0.6) is 0 Å². The van der Waals surface area contributed by atoms with Gasteiger partial charge >= 0.3 is 0 Å². The highest BCUT2D eigenvalue weighted by Gasteiger charge is 2.27. The third-order valence-electron chi connectivity index (χ3n) is 4.62. The van der Waals surface area contributed by atoms with Crippen molar-refractivity contribution in [2.45, 2.75) is 52.1 Å². The molecule has 2 heterocycles. The van der Waals surface area contributed by atoms with E-state index in [9.17, 15) is 4.39 Å². The normalized spacial score (nSPS) is 23.1. The number of piperidine rings is 1. The summed E-state index contributed by atoms with van der Waals surface area (Å²) in [7, 11) is 0. The van der Waals surface area contributed by atoms with Gasteiger partial charge in [-0.2, -0.15) is 0 Å². The van der Waals surface area contributed by atoms with Gasteiger partial charge in [0, 0.05) is 6.04 Å². The summed E-state index contributed by atoms with van der Waals surface area (Å²) >= 11 is 0. The fourth-order valence-electron chi connectivity index (χ4n) is 3.45. The number of hydrogen-bond donors (Lipinski definition) is 1. The molecule has 1 saturated heterocycles. The lowest BCUT2D eigenvalue weighted by molar-refractivity contribution is 0.284. The van der Waals surface area contributed by atoms with E-state index in [4.69, 9.17) is 0 Å². The van der Waals surface area contributed by atoms with E-state index in [1.54, 1.807) is 6.07 Å². The minimum absolute atomic E-state index is 0.226. The molecule has 1 fully saturated rings. The van der Waals surface area contributed by atoms with Crippen LogP contribution in [0.4, 0.5) is 4.39 Å². The number of imidazole rings is 1. The topological polar surface area (TPSA) is 29.9 Å². The lowest BCUT2D eigenvalue weighted by atomic mass is 9.90. The van der Waals surface area contributed by atoms with Crippen molar-refractivity contribution < 1.29 is 4.39 Å². The minimum atomic E-state index is -0.226. The molecule has 1 N–H and O–H groups in total. The van der Waals surface area contributed by atoms with Crippen LogP contribution in [0.3, 0.4) is 0 Å². The van der Waals surface area contributed by atoms with Crippen LogP contribution in [-0.4, -0.2) is 16.1 Å². The molecule has 2 unspecified atom stereocenters. The van der Waals surface area contributed by atoms with E-state index in [0.29, 0.717) is 5.52 Å². The fourth-order valence-corrected chi connectivity index (χ4v) is 3.45. The van der Waals surface area contributed by atoms with E-state index >= 15 is 0 Å². The van der Waals surface area contributed by atoms with Crippen LogP contribution >= 0.6 is 0 Å². The van der Waals surface area contributed by atoms with Gasteiger partial charge in [-0.1, -0.05) is 19.4 Å². The van der Waals surface area contributed by atoms with E-state index in [1.165, 1.54) is 18.9 Å². The van der Waals surface area contributed by atoms with Gasteiger partial charge in [0.2, 0.25) is 0 Å². The molecule has 3 nitrogen and oxygen atoms in total. The molecule has 1 aliphatic rings. The second-order valence-corrected chi connectivity index (χ2v) is 6.35. The summed E-state index contributed by atoms with van der Waals surface area (Å²) in [6.07, 6.45) is 3.52. The zero-order valence-electron chi connectivity index (χ0n) is 13.1. The Kier molecular flexibility index (Phi) is 3.98. The minimum Gasteiger partial charge on any atom is -0.324 e. The summed E-state index contributed by atoms with van der Waals surface area (Å²) in [5.41, 5.74) is 1.40. The van der Waals surface area contributed by atoms with Gasteiger partial charge in [0.05, 0.1) is 11.6 Å². The van der Waals surface area contributed by atoms with Crippen LogP contribution < -0.4 is 5.32 Å². The van der Waals surface area contributed by atoms with E-state index in [0.717, 1.165) is 30.2 Å². The van der Waals surface area contributed by atoms with Crippen molar-refractivity contribution in [2.75, 3.05) is 6.54 Å². The molecule has 0 radical (unpaired) electrons. The summed E-state index contributed by atoms with van der Waals surface area (Å²) < 4.78 is 16.2. The maximum absolute atomic E-state index is 14.1. The Labute approximate surface area is 125 Å². The summed E-state index contributed by atoms with van der Waals surface area (Å²) in [4.78, 5) is 4.65. The van der Waals surface area contributed by atoms with Gasteiger partial charge in [0.15, 0.2) is 5.82 Å². The number of rotatable bonds is 3. The van der Waals surface area contributed by atoms with Gasteiger partial charge in [-0.3, -0.25) is 0 Å². The van der Waals surface area contributed by atoms with Crippen molar-refractivity contribution in [2.24, 2.45) is 5.92 Å². The van der Waals surface area contributed by atoms with Crippen molar-refractivity contribution in [1.82, 2.24) is 14.9 Å². The van der Waals surface area contributed by atoms with E-state index in [1.807, 2.05) is 6.07 Å². The van der Waals surface area contributed by atoms with Crippen molar-refractivity contribution in [3.05, 3.63) is 29.8 Å². The molecular weight excluding hydrogens is 265 g/mol. The standard InChI is InChI=1S/C17H24FN3/c1-4-12-8-9-19-14(10-12)17-20-16-13(18)6-5-7-15(16)21(17)11(2)3/h5-7,11-12,14,19H,4,8-10H2,1-3H3. The molecule has 21 heavy (non-hydrogen) atoms. The Morgan fingerprint density at radius 2 is 2.24 bits per heavy atom. The fraction of sp³-hybridized carbons (Fsp3) is 0.588. The molecule has 114 valence electrons.